The van der Waals surface area contributed by atoms with Gasteiger partial charge in [0.05, 0.1) is 10.5 Å². The molecule has 0 amide bonds. The van der Waals surface area contributed by atoms with Crippen LogP contribution in [0, 0.1) is 5.21 Å². The molecule has 0 aromatic heterocycles. The third kappa shape index (κ3) is 2.94. The van der Waals surface area contributed by atoms with Crippen LogP contribution in [-0.2, 0) is 4.79 Å². The van der Waals surface area contributed by atoms with Gasteiger partial charge in [-0.2, -0.15) is 0 Å². The first-order valence-electron chi connectivity index (χ1n) is 4.21. The van der Waals surface area contributed by atoms with Crippen LogP contribution in [0.25, 0.3) is 0 Å². The molecule has 0 heterocycles. The molecule has 2 atom stereocenters. The minimum absolute atomic E-state index is 0.00933. The average Bonchev–Trinajstić information content (AvgIpc) is 2.26. The van der Waals surface area contributed by atoms with E-state index in [-0.39, 0.29) is 10.9 Å². The van der Waals surface area contributed by atoms with Crippen molar-refractivity contribution in [2.75, 3.05) is 5.23 Å². The van der Waals surface area contributed by atoms with Crippen LogP contribution in [0.15, 0.2) is 24.3 Å². The summed E-state index contributed by atoms with van der Waals surface area (Å²) < 4.78 is 0. The number of halogens is 2. The molecule has 0 radical (unpaired) electrons. The first-order chi connectivity index (χ1) is 7.45. The van der Waals surface area contributed by atoms with Crippen molar-refractivity contribution < 1.29 is 15.1 Å². The summed E-state index contributed by atoms with van der Waals surface area (Å²) in [5.41, 5.74) is 0.402. The Morgan fingerprint density at radius 3 is 2.44 bits per heavy atom. The molecule has 1 aromatic rings. The number of hydrogen-bond acceptors (Lipinski definition) is 4. The van der Waals surface area contributed by atoms with Crippen LogP contribution < -0.4 is 5.23 Å². The van der Waals surface area contributed by atoms with E-state index in [1.54, 1.807) is 18.2 Å². The van der Waals surface area contributed by atoms with E-state index in [1.807, 2.05) is 0 Å². The number of rotatable bonds is 4. The van der Waals surface area contributed by atoms with Crippen molar-refractivity contribution in [3.8, 4) is 0 Å². The Bertz CT molecular complexity index is 386. The molecule has 0 spiro atoms. The number of carboxylic acids is 1. The molecule has 2 unspecified atom stereocenters. The fraction of sp³-hybridized carbons (Fsp3) is 0.222. The molecule has 16 heavy (non-hydrogen) atoms. The summed E-state index contributed by atoms with van der Waals surface area (Å²) >= 11 is 6.15. The van der Waals surface area contributed by atoms with Crippen molar-refractivity contribution in [1.29, 1.82) is 0 Å². The summed E-state index contributed by atoms with van der Waals surface area (Å²) in [5.74, 6) is -1.06. The number of carbonyl (C=O) groups is 1. The molecule has 5 nitrogen and oxygen atoms in total. The summed E-state index contributed by atoms with van der Waals surface area (Å²) in [6, 6.07) is 6.19. The molecule has 2 N–H and O–H groups in total. The smallest absolute Gasteiger partial charge is 0.318 e. The van der Waals surface area contributed by atoms with Crippen LogP contribution in [0.3, 0.4) is 0 Å². The van der Waals surface area contributed by atoms with Gasteiger partial charge in [-0.15, -0.1) is 0 Å². The highest BCUT2D eigenvalue weighted by Gasteiger charge is 2.26. The predicted octanol–water partition coefficient (Wildman–Crippen LogP) is 2.66. The molecular weight excluding hydrogens is 346 g/mol. The van der Waals surface area contributed by atoms with Crippen LogP contribution in [-0.4, -0.2) is 21.1 Å². The normalized spacial score (nSPS) is 14.2. The molecule has 0 saturated carbocycles. The van der Waals surface area contributed by atoms with Gasteiger partial charge < -0.3 is 15.5 Å². The lowest BCUT2D eigenvalue weighted by Crippen LogP contribution is -2.20. The molecule has 1 aromatic carbocycles. The van der Waals surface area contributed by atoms with E-state index in [0.29, 0.717) is 5.56 Å². The maximum Gasteiger partial charge on any atom is 0.318 e. The summed E-state index contributed by atoms with van der Waals surface area (Å²) in [5, 5.41) is 28.2. The second-order valence-electron chi connectivity index (χ2n) is 2.97. The fourth-order valence-electron chi connectivity index (χ4n) is 1.18. The van der Waals surface area contributed by atoms with E-state index in [9.17, 15) is 10.0 Å². The Morgan fingerprint density at radius 1 is 1.38 bits per heavy atom. The van der Waals surface area contributed by atoms with Gasteiger partial charge in [-0.3, -0.25) is 10.0 Å². The number of alkyl halides is 2. The first-order valence-corrected chi connectivity index (χ1v) is 6.04. The second-order valence-corrected chi connectivity index (χ2v) is 4.95. The maximum atomic E-state index is 10.9. The van der Waals surface area contributed by atoms with Gasteiger partial charge in [0.25, 0.3) is 0 Å². The Labute approximate surface area is 108 Å². The number of anilines is 1. The molecule has 0 aliphatic heterocycles. The quantitative estimate of drug-likeness (QED) is 0.642. The number of carboxylic acid groups (broad SMARTS) is 1. The Balaban J connectivity index is 3.07. The minimum atomic E-state index is -1.06. The van der Waals surface area contributed by atoms with Crippen LogP contribution >= 0.6 is 31.9 Å². The zero-order valence-electron chi connectivity index (χ0n) is 7.88. The number of aliphatic carboxylic acids is 1. The van der Waals surface area contributed by atoms with E-state index < -0.39 is 15.6 Å². The molecular formula is C9H8Br2NO4-. The number of hydrogen-bond donors (Lipinski definition) is 2. The molecule has 0 aliphatic carbocycles. The second kappa shape index (κ2) is 5.62. The zero-order valence-corrected chi connectivity index (χ0v) is 11.1. The molecule has 7 heteroatoms. The van der Waals surface area contributed by atoms with E-state index in [1.165, 1.54) is 6.07 Å². The maximum absolute atomic E-state index is 10.9. The van der Waals surface area contributed by atoms with E-state index in [4.69, 9.17) is 10.3 Å². The SMILES string of the molecule is O=C(O)C(Br)C(Br)c1ccccc1N([O-])O. The summed E-state index contributed by atoms with van der Waals surface area (Å²) in [7, 11) is 0. The van der Waals surface area contributed by atoms with Gasteiger partial charge >= 0.3 is 5.97 Å². The van der Waals surface area contributed by atoms with Crippen LogP contribution in [0.1, 0.15) is 10.4 Å². The van der Waals surface area contributed by atoms with Crippen LogP contribution in [0.2, 0.25) is 0 Å². The molecule has 0 aliphatic rings. The van der Waals surface area contributed by atoms with Gasteiger partial charge in [0.2, 0.25) is 0 Å². The van der Waals surface area contributed by atoms with Crippen molar-refractivity contribution in [1.82, 2.24) is 0 Å². The lowest BCUT2D eigenvalue weighted by molar-refractivity contribution is -0.136. The summed E-state index contributed by atoms with van der Waals surface area (Å²) in [6.07, 6.45) is 0. The van der Waals surface area contributed by atoms with Crippen molar-refractivity contribution in [3.05, 3.63) is 35.0 Å². The number of benzene rings is 1. The molecule has 0 saturated heterocycles. The zero-order chi connectivity index (χ0) is 12.3. The van der Waals surface area contributed by atoms with Crippen molar-refractivity contribution in [2.45, 2.75) is 9.65 Å². The molecule has 88 valence electrons. The van der Waals surface area contributed by atoms with Gasteiger partial charge in [0.1, 0.15) is 4.83 Å². The van der Waals surface area contributed by atoms with Gasteiger partial charge in [-0.1, -0.05) is 50.1 Å². The molecule has 1 rings (SSSR count). The highest BCUT2D eigenvalue weighted by Crippen LogP contribution is 2.36. The lowest BCUT2D eigenvalue weighted by Gasteiger charge is -2.27. The third-order valence-electron chi connectivity index (χ3n) is 1.93. The van der Waals surface area contributed by atoms with Crippen LogP contribution in [0.4, 0.5) is 5.69 Å². The van der Waals surface area contributed by atoms with Gasteiger partial charge in [-0.25, -0.2) is 0 Å². The topological polar surface area (TPSA) is 83.8 Å². The molecule has 0 bridgehead atoms. The fourth-order valence-corrected chi connectivity index (χ4v) is 2.08. The third-order valence-corrected chi connectivity index (χ3v) is 4.58. The highest BCUT2D eigenvalue weighted by molar-refractivity contribution is 9.12. The Kier molecular flexibility index (Phi) is 4.72. The average molecular weight is 354 g/mol. The Hall–Kier alpha value is -0.630. The van der Waals surface area contributed by atoms with Crippen molar-refractivity contribution in [2.24, 2.45) is 0 Å². The van der Waals surface area contributed by atoms with Crippen molar-refractivity contribution >= 4 is 43.5 Å². The number of nitrogens with zero attached hydrogens (tertiary/aromatic N) is 1. The first kappa shape index (κ1) is 13.4. The summed E-state index contributed by atoms with van der Waals surface area (Å²) in [6.45, 7) is 0. The lowest BCUT2D eigenvalue weighted by atomic mass is 10.1. The number of para-hydroxylation sites is 1. The van der Waals surface area contributed by atoms with E-state index in [0.717, 1.165) is 0 Å². The van der Waals surface area contributed by atoms with Gasteiger partial charge in [0, 0.05) is 0 Å². The highest BCUT2D eigenvalue weighted by atomic mass is 79.9. The van der Waals surface area contributed by atoms with E-state index in [2.05, 4.69) is 31.9 Å². The van der Waals surface area contributed by atoms with Crippen molar-refractivity contribution in [3.63, 3.8) is 0 Å². The predicted molar refractivity (Wildman–Crippen MR) is 66.1 cm³/mol. The largest absolute Gasteiger partial charge is 0.733 e. The molecule has 0 fully saturated rings. The Morgan fingerprint density at radius 2 is 1.94 bits per heavy atom. The van der Waals surface area contributed by atoms with E-state index >= 15 is 0 Å². The monoisotopic (exact) mass is 352 g/mol. The minimum Gasteiger partial charge on any atom is -0.733 e. The van der Waals surface area contributed by atoms with Gasteiger partial charge in [-0.05, 0) is 11.6 Å². The van der Waals surface area contributed by atoms with Gasteiger partial charge in [0.15, 0.2) is 0 Å². The summed E-state index contributed by atoms with van der Waals surface area (Å²) in [4.78, 5) is 9.25. The standard InChI is InChI=1S/C9H8Br2NO4/c10-7(8(11)9(13)14)5-3-1-2-4-6(5)12(15)16/h1-4,7-8,15H,(H,13,14)/q-1. The van der Waals surface area contributed by atoms with Crippen LogP contribution in [0.5, 0.6) is 0 Å².